The molecule has 3 heterocycles. The Balaban J connectivity index is 1.42. The minimum atomic E-state index is -0.495. The smallest absolute Gasteiger partial charge is 0.410 e. The third-order valence-corrected chi connectivity index (χ3v) is 6.56. The lowest BCUT2D eigenvalue weighted by Crippen LogP contribution is -2.46. The molecule has 0 radical (unpaired) electrons. The van der Waals surface area contributed by atoms with E-state index in [9.17, 15) is 9.59 Å². The highest BCUT2D eigenvalue weighted by molar-refractivity contribution is 6.42. The molecule has 10 heteroatoms. The number of ether oxygens (including phenoxy) is 1. The maximum Gasteiger partial charge on any atom is 0.410 e. The van der Waals surface area contributed by atoms with E-state index in [2.05, 4.69) is 10.4 Å². The molecule has 1 atom stereocenters. The van der Waals surface area contributed by atoms with Crippen molar-refractivity contribution >= 4 is 41.6 Å². The molecule has 1 aromatic carbocycles. The maximum absolute atomic E-state index is 12.6. The summed E-state index contributed by atoms with van der Waals surface area (Å²) in [6, 6.07) is 5.40. The van der Waals surface area contributed by atoms with Gasteiger partial charge in [0.2, 0.25) is 0 Å². The normalized spacial score (nSPS) is 18.0. The summed E-state index contributed by atoms with van der Waals surface area (Å²) in [5, 5.41) is 4.43. The van der Waals surface area contributed by atoms with Crippen molar-refractivity contribution in [1.29, 1.82) is 0 Å². The summed E-state index contributed by atoms with van der Waals surface area (Å²) in [5.74, 6) is 0.325. The number of imidazole rings is 1. The second kappa shape index (κ2) is 9.44. The summed E-state index contributed by atoms with van der Waals surface area (Å²) in [5.41, 5.74) is 3.51. The molecule has 4 rings (SSSR count). The summed E-state index contributed by atoms with van der Waals surface area (Å²) in [6.07, 6.45) is 4.55. The lowest BCUT2D eigenvalue weighted by molar-refractivity contribution is 0.0287. The molecule has 2 aromatic rings. The molecule has 0 aliphatic carbocycles. The molecule has 8 nitrogen and oxygen atoms in total. The fraction of sp³-hybridized carbons (Fsp3) is 0.478. The zero-order valence-corrected chi connectivity index (χ0v) is 20.5. The van der Waals surface area contributed by atoms with E-state index < -0.39 is 5.60 Å². The van der Waals surface area contributed by atoms with Crippen LogP contribution in [0.25, 0.3) is 12.3 Å². The van der Waals surface area contributed by atoms with Crippen molar-refractivity contribution < 1.29 is 9.53 Å². The van der Waals surface area contributed by atoms with Gasteiger partial charge in [-0.15, -0.1) is 0 Å². The number of hydrazine groups is 1. The van der Waals surface area contributed by atoms with Gasteiger partial charge in [0.05, 0.1) is 33.8 Å². The minimum Gasteiger partial charge on any atom is -0.444 e. The van der Waals surface area contributed by atoms with Gasteiger partial charge < -0.3 is 19.6 Å². The number of nitrogens with zero attached hydrogens (tertiary/aromatic N) is 3. The Kier molecular flexibility index (Phi) is 6.79. The van der Waals surface area contributed by atoms with Crippen LogP contribution in [0.3, 0.4) is 0 Å². The van der Waals surface area contributed by atoms with Crippen LogP contribution in [-0.2, 0) is 11.3 Å². The number of H-pyrrole nitrogens is 1. The van der Waals surface area contributed by atoms with Crippen molar-refractivity contribution in [2.45, 2.75) is 39.3 Å². The first-order valence-electron chi connectivity index (χ1n) is 11.0. The number of likely N-dealkylation sites (tertiary alicyclic amines) is 1. The van der Waals surface area contributed by atoms with Crippen molar-refractivity contribution in [2.24, 2.45) is 5.92 Å². The number of hydrogen-bond donors (Lipinski definition) is 2. The fourth-order valence-electron chi connectivity index (χ4n) is 4.03. The second-order valence-corrected chi connectivity index (χ2v) is 10.2. The van der Waals surface area contributed by atoms with E-state index in [1.807, 2.05) is 50.2 Å². The van der Waals surface area contributed by atoms with Crippen LogP contribution in [0.15, 0.2) is 23.0 Å². The molecule has 2 aliphatic rings. The molecule has 33 heavy (non-hydrogen) atoms. The zero-order chi connectivity index (χ0) is 23.8. The number of amides is 1. The van der Waals surface area contributed by atoms with E-state index >= 15 is 0 Å². The first kappa shape index (κ1) is 23.7. The van der Waals surface area contributed by atoms with Gasteiger partial charge >= 0.3 is 11.8 Å². The summed E-state index contributed by atoms with van der Waals surface area (Å²) in [7, 11) is 0. The quantitative estimate of drug-likeness (QED) is 0.666. The average molecular weight is 494 g/mol. The van der Waals surface area contributed by atoms with E-state index in [1.165, 1.54) is 0 Å². The third kappa shape index (κ3) is 5.57. The lowest BCUT2D eigenvalue weighted by atomic mass is 10.1. The highest BCUT2D eigenvalue weighted by Crippen LogP contribution is 2.25. The summed E-state index contributed by atoms with van der Waals surface area (Å²) < 4.78 is 7.12. The summed E-state index contributed by atoms with van der Waals surface area (Å²) in [4.78, 5) is 29.5. The van der Waals surface area contributed by atoms with Crippen molar-refractivity contribution in [3.63, 3.8) is 0 Å². The standard InChI is InChI=1S/C23H29Cl2N5O3/c1-23(2,3)33-22(32)28-9-7-15(12-28)11-26-29-10-8-18-19(14-29)30(21(31)27-18)13-16-5-4-6-17(24)20(16)25/h4-6,8,14-15,26H,7,9-13H2,1-3H3,(H,27,31)/t15-/m1/s1. The van der Waals surface area contributed by atoms with Crippen LogP contribution in [0.2, 0.25) is 10.0 Å². The molecule has 1 amide bonds. The van der Waals surface area contributed by atoms with E-state index in [4.69, 9.17) is 27.9 Å². The molecule has 0 bridgehead atoms. The highest BCUT2D eigenvalue weighted by atomic mass is 35.5. The minimum absolute atomic E-state index is 0.200. The first-order valence-corrected chi connectivity index (χ1v) is 11.8. The molecule has 2 N–H and O–H groups in total. The Morgan fingerprint density at radius 2 is 2.09 bits per heavy atom. The summed E-state index contributed by atoms with van der Waals surface area (Å²) in [6.45, 7) is 8.62. The van der Waals surface area contributed by atoms with Gasteiger partial charge in [-0.3, -0.25) is 4.57 Å². The topological polar surface area (TPSA) is 82.6 Å². The fourth-order valence-corrected chi connectivity index (χ4v) is 4.41. The molecular weight excluding hydrogens is 465 g/mol. The van der Waals surface area contributed by atoms with Gasteiger partial charge in [0, 0.05) is 25.8 Å². The number of carbonyl (C=O) groups is 1. The maximum atomic E-state index is 12.6. The van der Waals surface area contributed by atoms with Crippen molar-refractivity contribution in [2.75, 3.05) is 26.2 Å². The van der Waals surface area contributed by atoms with Crippen LogP contribution in [0, 0.1) is 5.92 Å². The van der Waals surface area contributed by atoms with Crippen LogP contribution in [0.1, 0.15) is 32.8 Å². The molecule has 0 saturated carbocycles. The molecule has 0 spiro atoms. The van der Waals surface area contributed by atoms with Gasteiger partial charge in [-0.25, -0.2) is 15.0 Å². The number of halogens is 2. The monoisotopic (exact) mass is 493 g/mol. The largest absolute Gasteiger partial charge is 0.444 e. The number of nitrogens with one attached hydrogen (secondary N) is 2. The van der Waals surface area contributed by atoms with Crippen LogP contribution < -0.4 is 21.8 Å². The first-order chi connectivity index (χ1) is 15.6. The Morgan fingerprint density at radius 3 is 2.85 bits per heavy atom. The van der Waals surface area contributed by atoms with E-state index in [1.54, 1.807) is 15.5 Å². The Labute approximate surface area is 202 Å². The van der Waals surface area contributed by atoms with E-state index in [0.29, 0.717) is 48.7 Å². The van der Waals surface area contributed by atoms with Gasteiger partial charge in [0.15, 0.2) is 0 Å². The van der Waals surface area contributed by atoms with Gasteiger partial charge in [0.25, 0.3) is 0 Å². The van der Waals surface area contributed by atoms with Crippen LogP contribution in [-0.4, -0.2) is 57.3 Å². The van der Waals surface area contributed by atoms with Gasteiger partial charge in [0.1, 0.15) is 5.60 Å². The Morgan fingerprint density at radius 1 is 1.30 bits per heavy atom. The second-order valence-electron chi connectivity index (χ2n) is 9.46. The SMILES string of the molecule is CC(C)(C)OC(=O)N1CC[C@H](CNN2C=c3c([nH]c(=O)n3Cc3cccc(Cl)c3Cl)=CC2)C1. The molecule has 1 aromatic heterocycles. The highest BCUT2D eigenvalue weighted by Gasteiger charge is 2.29. The molecule has 178 valence electrons. The van der Waals surface area contributed by atoms with Crippen molar-refractivity contribution in [1.82, 2.24) is 24.9 Å². The van der Waals surface area contributed by atoms with Crippen molar-refractivity contribution in [3.05, 3.63) is 55.0 Å². The van der Waals surface area contributed by atoms with E-state index in [0.717, 1.165) is 22.7 Å². The lowest BCUT2D eigenvalue weighted by Gasteiger charge is -2.25. The Hall–Kier alpha value is -2.42. The van der Waals surface area contributed by atoms with E-state index in [-0.39, 0.29) is 11.8 Å². The van der Waals surface area contributed by atoms with Crippen LogP contribution in [0.5, 0.6) is 0 Å². The number of rotatable bonds is 5. The number of fused-ring (bicyclic) bond motifs is 1. The number of aromatic amines is 1. The Bertz CT molecular complexity index is 1210. The number of hydrogen-bond acceptors (Lipinski definition) is 5. The average Bonchev–Trinajstić information content (AvgIpc) is 3.33. The van der Waals surface area contributed by atoms with Crippen LogP contribution >= 0.6 is 23.2 Å². The molecule has 1 saturated heterocycles. The van der Waals surface area contributed by atoms with Gasteiger partial charge in [-0.05, 0) is 50.8 Å². The zero-order valence-electron chi connectivity index (χ0n) is 19.0. The number of aromatic nitrogens is 2. The molecule has 0 unspecified atom stereocenters. The molecule has 2 aliphatic heterocycles. The van der Waals surface area contributed by atoms with Crippen molar-refractivity contribution in [3.8, 4) is 0 Å². The third-order valence-electron chi connectivity index (χ3n) is 5.70. The number of carbonyl (C=O) groups excluding carboxylic acids is 1. The predicted molar refractivity (Wildman–Crippen MR) is 129 cm³/mol. The van der Waals surface area contributed by atoms with Gasteiger partial charge in [-0.2, -0.15) is 0 Å². The van der Waals surface area contributed by atoms with Crippen LogP contribution in [0.4, 0.5) is 4.79 Å². The number of benzene rings is 1. The predicted octanol–water partition coefficient (Wildman–Crippen LogP) is 2.13. The molecule has 1 fully saturated rings. The van der Waals surface area contributed by atoms with Gasteiger partial charge in [-0.1, -0.05) is 35.3 Å². The molecular formula is C23H29Cl2N5O3. The summed E-state index contributed by atoms with van der Waals surface area (Å²) >= 11 is 12.5.